The van der Waals surface area contributed by atoms with Crippen molar-refractivity contribution in [1.82, 2.24) is 0 Å². The van der Waals surface area contributed by atoms with Gasteiger partial charge in [0, 0.05) is 19.4 Å². The largest absolute Gasteiger partial charge is 0.390 e. The first-order valence-electron chi connectivity index (χ1n) is 19.8. The van der Waals surface area contributed by atoms with Gasteiger partial charge in [-0.1, -0.05) is 40.7 Å². The van der Waals surface area contributed by atoms with E-state index in [-0.39, 0.29) is 55.8 Å². The maximum atomic E-state index is 12.8. The van der Waals surface area contributed by atoms with Crippen molar-refractivity contribution in [3.63, 3.8) is 0 Å². The summed E-state index contributed by atoms with van der Waals surface area (Å²) in [7, 11) is 1.42. The van der Waals surface area contributed by atoms with Crippen LogP contribution in [0.2, 0.25) is 0 Å². The van der Waals surface area contributed by atoms with Crippen LogP contribution in [0.4, 0.5) is 0 Å². The number of aliphatic hydroxyl groups is 9. The van der Waals surface area contributed by atoms with E-state index >= 15 is 0 Å². The van der Waals surface area contributed by atoms with E-state index in [0.717, 1.165) is 18.4 Å². The lowest BCUT2D eigenvalue weighted by molar-refractivity contribution is -0.285. The average Bonchev–Trinajstić information content (AvgIpc) is 3.31. The Morgan fingerprint density at radius 2 is 1.47 bits per heavy atom. The van der Waals surface area contributed by atoms with Gasteiger partial charge in [-0.15, -0.1) is 0 Å². The molecular formula is C39H66O14. The van der Waals surface area contributed by atoms with Crippen molar-refractivity contribution >= 4 is 0 Å². The summed E-state index contributed by atoms with van der Waals surface area (Å²) < 4.78 is 28.7. The minimum absolute atomic E-state index is 0.0192. The van der Waals surface area contributed by atoms with Gasteiger partial charge in [0.1, 0.15) is 36.6 Å². The standard InChI is InChI=1S/C39H66O14/c1-18(2)20(15-50-35-32(47)28(43)24(41)16-51-35)8-7-19(3)27-30(45)31(46)34-38(27,5)12-10-26-37(4)11-9-21(13-22(37)23(40)14-39(26,34)48)53-36-33(49-6)29(44)25(42)17-52-36/h13,18-21,23-36,40-48H,7-12,14-17H2,1-6H3/t19-,20-,21+,23-,24-,25-,26-,27+,28+,29+,30-,31+,32-,33-,34-,35-,36+,37+,38-,39+/m1/s1. The smallest absolute Gasteiger partial charge is 0.187 e. The average molecular weight is 759 g/mol. The van der Waals surface area contributed by atoms with Crippen LogP contribution in [0.3, 0.4) is 0 Å². The van der Waals surface area contributed by atoms with Crippen molar-refractivity contribution in [2.45, 2.75) is 159 Å². The molecule has 9 N–H and O–H groups in total. The molecule has 0 unspecified atom stereocenters. The van der Waals surface area contributed by atoms with Gasteiger partial charge in [0.05, 0.1) is 49.8 Å². The summed E-state index contributed by atoms with van der Waals surface area (Å²) in [5.41, 5.74) is -1.82. The fourth-order valence-corrected chi connectivity index (χ4v) is 11.8. The number of methoxy groups -OCH3 is 1. The van der Waals surface area contributed by atoms with Crippen molar-refractivity contribution in [1.29, 1.82) is 0 Å². The highest BCUT2D eigenvalue weighted by Gasteiger charge is 2.72. The molecule has 14 heteroatoms. The maximum absolute atomic E-state index is 12.8. The van der Waals surface area contributed by atoms with Crippen LogP contribution < -0.4 is 0 Å². The number of rotatable bonds is 11. The molecule has 0 radical (unpaired) electrons. The Kier molecular flexibility index (Phi) is 12.5. The molecule has 53 heavy (non-hydrogen) atoms. The van der Waals surface area contributed by atoms with E-state index in [1.807, 2.05) is 6.08 Å². The molecule has 2 heterocycles. The fraction of sp³-hybridized carbons (Fsp3) is 0.949. The first-order chi connectivity index (χ1) is 24.9. The van der Waals surface area contributed by atoms with Gasteiger partial charge < -0.3 is 69.6 Å². The Morgan fingerprint density at radius 3 is 2.13 bits per heavy atom. The third-order valence-electron chi connectivity index (χ3n) is 14.8. The summed E-state index contributed by atoms with van der Waals surface area (Å²) in [5.74, 6) is -0.947. The molecule has 0 bridgehead atoms. The summed E-state index contributed by atoms with van der Waals surface area (Å²) in [6.45, 7) is 10.5. The Balaban J connectivity index is 1.14. The first-order valence-corrected chi connectivity index (χ1v) is 19.8. The van der Waals surface area contributed by atoms with Crippen LogP contribution in [0.1, 0.15) is 79.6 Å². The van der Waals surface area contributed by atoms with Gasteiger partial charge in [0.2, 0.25) is 0 Å². The van der Waals surface area contributed by atoms with Crippen LogP contribution in [-0.2, 0) is 23.7 Å². The number of hydrogen-bond acceptors (Lipinski definition) is 14. The Hall–Kier alpha value is -0.820. The zero-order valence-electron chi connectivity index (χ0n) is 32.1. The molecule has 0 aromatic carbocycles. The number of ether oxygens (including phenoxy) is 5. The van der Waals surface area contributed by atoms with E-state index in [2.05, 4.69) is 34.6 Å². The highest BCUT2D eigenvalue weighted by Crippen LogP contribution is 2.69. The fourth-order valence-electron chi connectivity index (χ4n) is 11.8. The summed E-state index contributed by atoms with van der Waals surface area (Å²) in [5, 5.41) is 98.8. The van der Waals surface area contributed by atoms with Gasteiger partial charge in [-0.2, -0.15) is 0 Å². The minimum atomic E-state index is -1.43. The summed E-state index contributed by atoms with van der Waals surface area (Å²) in [6, 6.07) is 0. The van der Waals surface area contributed by atoms with Crippen molar-refractivity contribution in [2.24, 2.45) is 46.3 Å². The van der Waals surface area contributed by atoms with Crippen molar-refractivity contribution in [2.75, 3.05) is 26.9 Å². The second-order valence-electron chi connectivity index (χ2n) is 18.1. The minimum Gasteiger partial charge on any atom is -0.390 e. The van der Waals surface area contributed by atoms with Gasteiger partial charge >= 0.3 is 0 Å². The van der Waals surface area contributed by atoms with E-state index in [0.29, 0.717) is 25.7 Å². The van der Waals surface area contributed by atoms with Crippen molar-refractivity contribution < 1.29 is 69.6 Å². The van der Waals surface area contributed by atoms with E-state index in [1.165, 1.54) is 7.11 Å². The molecule has 0 aromatic rings. The van der Waals surface area contributed by atoms with Gasteiger partial charge in [-0.3, -0.25) is 0 Å². The second kappa shape index (κ2) is 15.8. The Labute approximate surface area is 313 Å². The molecule has 4 aliphatic carbocycles. The van der Waals surface area contributed by atoms with Crippen LogP contribution in [0.5, 0.6) is 0 Å². The first kappa shape index (κ1) is 41.8. The Bertz CT molecular complexity index is 1280. The molecule has 20 atom stereocenters. The molecule has 2 aliphatic heterocycles. The zero-order chi connectivity index (χ0) is 38.8. The molecular weight excluding hydrogens is 692 g/mol. The lowest BCUT2D eigenvalue weighted by Crippen LogP contribution is -2.66. The van der Waals surface area contributed by atoms with Crippen LogP contribution >= 0.6 is 0 Å². The molecule has 3 saturated carbocycles. The lowest BCUT2D eigenvalue weighted by Gasteiger charge is -2.64. The van der Waals surface area contributed by atoms with Crippen molar-refractivity contribution in [3.8, 4) is 0 Å². The van der Waals surface area contributed by atoms with Crippen LogP contribution in [0, 0.1) is 46.3 Å². The molecule has 6 rings (SSSR count). The topological polar surface area (TPSA) is 228 Å². The quantitative estimate of drug-likeness (QED) is 0.129. The van der Waals surface area contributed by atoms with Crippen LogP contribution in [0.25, 0.3) is 0 Å². The van der Waals surface area contributed by atoms with Gasteiger partial charge in [-0.25, -0.2) is 0 Å². The zero-order valence-corrected chi connectivity index (χ0v) is 32.1. The lowest BCUT2D eigenvalue weighted by atomic mass is 9.43. The summed E-state index contributed by atoms with van der Waals surface area (Å²) >= 11 is 0. The Morgan fingerprint density at radius 1 is 0.811 bits per heavy atom. The van der Waals surface area contributed by atoms with Crippen LogP contribution in [-0.4, -0.2) is 152 Å². The van der Waals surface area contributed by atoms with E-state index in [4.69, 9.17) is 23.7 Å². The SMILES string of the molecule is CO[C@H]1[C@H](O[C@@H]2C=C3[C@H](O)C[C@@]4(O)[C@@H]5[C@@H](O)[C@H](O)[C@H]([C@H](C)CC[C@H](CO[C@@H]6OC[C@@H](O)[C@H](O)[C@H]6O)C(C)C)[C@@]5(C)CC[C@@H]4[C@@]3(C)CC2)OC[C@@H](O)[C@@H]1O. The predicted molar refractivity (Wildman–Crippen MR) is 189 cm³/mol. The van der Waals surface area contributed by atoms with Gasteiger partial charge in [-0.05, 0) is 84.5 Å². The molecule has 6 aliphatic rings. The summed E-state index contributed by atoms with van der Waals surface area (Å²) in [6.07, 6.45) is -6.71. The normalized spacial score (nSPS) is 51.2. The third kappa shape index (κ3) is 7.30. The predicted octanol–water partition coefficient (Wildman–Crippen LogP) is 0.215. The van der Waals surface area contributed by atoms with E-state index < -0.39 is 96.0 Å². The number of hydrogen-bond donors (Lipinski definition) is 9. The highest BCUT2D eigenvalue weighted by atomic mass is 16.7. The van der Waals surface area contributed by atoms with Gasteiger partial charge in [0.15, 0.2) is 12.6 Å². The molecule has 2 saturated heterocycles. The molecule has 5 fully saturated rings. The molecule has 0 amide bonds. The third-order valence-corrected chi connectivity index (χ3v) is 14.8. The number of aliphatic hydroxyl groups excluding tert-OH is 8. The second-order valence-corrected chi connectivity index (χ2v) is 18.1. The molecule has 306 valence electrons. The summed E-state index contributed by atoms with van der Waals surface area (Å²) in [4.78, 5) is 0. The monoisotopic (exact) mass is 758 g/mol. The van der Waals surface area contributed by atoms with E-state index in [9.17, 15) is 46.0 Å². The van der Waals surface area contributed by atoms with Crippen molar-refractivity contribution in [3.05, 3.63) is 11.6 Å². The highest BCUT2D eigenvalue weighted by molar-refractivity contribution is 5.33. The van der Waals surface area contributed by atoms with Crippen LogP contribution in [0.15, 0.2) is 11.6 Å². The van der Waals surface area contributed by atoms with Gasteiger partial charge in [0.25, 0.3) is 0 Å². The molecule has 14 nitrogen and oxygen atoms in total. The molecule has 0 aromatic heterocycles. The molecule has 0 spiro atoms. The number of fused-ring (bicyclic) bond motifs is 5. The van der Waals surface area contributed by atoms with E-state index in [1.54, 1.807) is 0 Å². The maximum Gasteiger partial charge on any atom is 0.187 e.